The fourth-order valence-corrected chi connectivity index (χ4v) is 3.88. The Morgan fingerprint density at radius 2 is 1.89 bits per heavy atom. The molecule has 4 aromatic rings. The van der Waals surface area contributed by atoms with Gasteiger partial charge in [-0.05, 0) is 36.4 Å². The number of thiazole rings is 1. The van der Waals surface area contributed by atoms with Crippen molar-refractivity contribution in [1.29, 1.82) is 5.26 Å². The molecule has 0 radical (unpaired) electrons. The van der Waals surface area contributed by atoms with Crippen LogP contribution in [0.25, 0.3) is 34.4 Å². The van der Waals surface area contributed by atoms with Gasteiger partial charge in [0.1, 0.15) is 28.3 Å². The maximum atomic E-state index is 9.53. The Bertz CT molecular complexity index is 1150. The quantitative estimate of drug-likeness (QED) is 0.337. The van der Waals surface area contributed by atoms with Gasteiger partial charge in [0.15, 0.2) is 5.76 Å². The van der Waals surface area contributed by atoms with Crippen molar-refractivity contribution in [1.82, 2.24) is 4.98 Å². The summed E-state index contributed by atoms with van der Waals surface area (Å²) in [6.45, 7) is 0. The summed E-state index contributed by atoms with van der Waals surface area (Å²) < 4.78 is 11.2. The van der Waals surface area contributed by atoms with E-state index in [0.29, 0.717) is 49.2 Å². The second-order valence-electron chi connectivity index (χ2n) is 5.48. The number of hydrogen-bond acceptors (Lipinski definition) is 5. The van der Waals surface area contributed by atoms with Gasteiger partial charge in [-0.3, -0.25) is 0 Å². The van der Waals surface area contributed by atoms with Gasteiger partial charge in [0.25, 0.3) is 0 Å². The molecule has 132 valence electrons. The summed E-state index contributed by atoms with van der Waals surface area (Å²) in [7, 11) is 0. The van der Waals surface area contributed by atoms with Crippen molar-refractivity contribution in [2.45, 2.75) is 0 Å². The Hall–Kier alpha value is -2.78. The van der Waals surface area contributed by atoms with Crippen LogP contribution in [0.4, 0.5) is 0 Å². The standard InChI is InChI=1S/C20H10Cl2N2O2S/c21-14-3-1-4-15(22)19(14)18-7-6-13(26-18)9-12(10-23)20-24-16(11-27-20)17-5-2-8-25-17/h1-9,11H. The third-order valence-electron chi connectivity index (χ3n) is 3.75. The van der Waals surface area contributed by atoms with Crippen LogP contribution in [0.5, 0.6) is 0 Å². The van der Waals surface area contributed by atoms with Crippen molar-refractivity contribution in [2.75, 3.05) is 0 Å². The van der Waals surface area contributed by atoms with Gasteiger partial charge in [-0.15, -0.1) is 11.3 Å². The monoisotopic (exact) mass is 412 g/mol. The maximum Gasteiger partial charge on any atom is 0.153 e. The maximum absolute atomic E-state index is 9.53. The Morgan fingerprint density at radius 1 is 1.07 bits per heavy atom. The van der Waals surface area contributed by atoms with Crippen LogP contribution in [0.2, 0.25) is 10.0 Å². The first kappa shape index (κ1) is 17.6. The molecule has 0 spiro atoms. The molecule has 0 aliphatic heterocycles. The van der Waals surface area contributed by atoms with Gasteiger partial charge in [-0.25, -0.2) is 4.98 Å². The summed E-state index contributed by atoms with van der Waals surface area (Å²) >= 11 is 13.8. The van der Waals surface area contributed by atoms with E-state index in [0.717, 1.165) is 0 Å². The number of furan rings is 2. The smallest absolute Gasteiger partial charge is 0.153 e. The van der Waals surface area contributed by atoms with E-state index in [1.807, 2.05) is 11.4 Å². The molecule has 0 saturated heterocycles. The molecule has 0 unspecified atom stereocenters. The molecule has 3 heterocycles. The zero-order chi connectivity index (χ0) is 18.8. The zero-order valence-corrected chi connectivity index (χ0v) is 16.0. The molecule has 7 heteroatoms. The summed E-state index contributed by atoms with van der Waals surface area (Å²) in [6.07, 6.45) is 3.22. The summed E-state index contributed by atoms with van der Waals surface area (Å²) in [6, 6.07) is 14.6. The molecule has 0 saturated carbocycles. The highest BCUT2D eigenvalue weighted by molar-refractivity contribution is 7.11. The molecule has 27 heavy (non-hydrogen) atoms. The van der Waals surface area contributed by atoms with Gasteiger partial charge in [0.05, 0.1) is 27.4 Å². The average molecular weight is 413 g/mol. The minimum Gasteiger partial charge on any atom is -0.463 e. The highest BCUT2D eigenvalue weighted by Gasteiger charge is 2.14. The van der Waals surface area contributed by atoms with Crippen molar-refractivity contribution in [3.05, 3.63) is 74.9 Å². The fraction of sp³-hybridized carbons (Fsp3) is 0. The van der Waals surface area contributed by atoms with Gasteiger partial charge in [0, 0.05) is 11.5 Å². The Kier molecular flexibility index (Phi) is 4.87. The molecule has 0 atom stereocenters. The third kappa shape index (κ3) is 3.56. The lowest BCUT2D eigenvalue weighted by Gasteiger charge is -2.02. The van der Waals surface area contributed by atoms with Crippen molar-refractivity contribution in [3.63, 3.8) is 0 Å². The van der Waals surface area contributed by atoms with Crippen LogP contribution in [-0.4, -0.2) is 4.98 Å². The van der Waals surface area contributed by atoms with Gasteiger partial charge in [-0.2, -0.15) is 5.26 Å². The molecule has 0 amide bonds. The van der Waals surface area contributed by atoms with E-state index in [4.69, 9.17) is 32.0 Å². The van der Waals surface area contributed by atoms with Crippen molar-refractivity contribution in [2.24, 2.45) is 0 Å². The highest BCUT2D eigenvalue weighted by Crippen LogP contribution is 2.36. The van der Waals surface area contributed by atoms with E-state index in [2.05, 4.69) is 11.1 Å². The van der Waals surface area contributed by atoms with E-state index < -0.39 is 0 Å². The molecule has 4 nitrogen and oxygen atoms in total. The lowest BCUT2D eigenvalue weighted by molar-refractivity contribution is 0.572. The molecule has 0 bridgehead atoms. The first-order chi connectivity index (χ1) is 13.2. The summed E-state index contributed by atoms with van der Waals surface area (Å²) in [5, 5.41) is 13.0. The number of nitriles is 1. The van der Waals surface area contributed by atoms with Crippen molar-refractivity contribution >= 4 is 46.2 Å². The normalized spacial score (nSPS) is 11.5. The van der Waals surface area contributed by atoms with Crippen molar-refractivity contribution < 1.29 is 8.83 Å². The van der Waals surface area contributed by atoms with Crippen molar-refractivity contribution in [3.8, 4) is 28.8 Å². The van der Waals surface area contributed by atoms with E-state index in [-0.39, 0.29) is 0 Å². The molecule has 3 aromatic heterocycles. The van der Waals surface area contributed by atoms with Crippen LogP contribution < -0.4 is 0 Å². The number of hydrogen-bond donors (Lipinski definition) is 0. The number of benzene rings is 1. The summed E-state index contributed by atoms with van der Waals surface area (Å²) in [5.41, 5.74) is 1.70. The Balaban J connectivity index is 1.67. The molecule has 4 rings (SSSR count). The highest BCUT2D eigenvalue weighted by atomic mass is 35.5. The topological polar surface area (TPSA) is 63.0 Å². The molecular weight excluding hydrogens is 403 g/mol. The van der Waals surface area contributed by atoms with Gasteiger partial charge in [0.2, 0.25) is 0 Å². The molecule has 0 aliphatic rings. The average Bonchev–Trinajstić information content (AvgIpc) is 3.40. The first-order valence-corrected chi connectivity index (χ1v) is 9.45. The predicted octanol–water partition coefficient (Wildman–Crippen LogP) is 7.03. The fourth-order valence-electron chi connectivity index (χ4n) is 2.52. The molecule has 0 aliphatic carbocycles. The molecule has 0 N–H and O–H groups in total. The lowest BCUT2D eigenvalue weighted by Crippen LogP contribution is -1.81. The Labute approximate surface area is 168 Å². The first-order valence-electron chi connectivity index (χ1n) is 7.81. The number of aromatic nitrogens is 1. The van der Waals surface area contributed by atoms with E-state index >= 15 is 0 Å². The minimum atomic E-state index is 0.393. The second kappa shape index (κ2) is 7.45. The van der Waals surface area contributed by atoms with E-state index in [1.54, 1.807) is 48.7 Å². The van der Waals surface area contributed by atoms with Crippen LogP contribution in [0, 0.1) is 11.3 Å². The van der Waals surface area contributed by atoms with E-state index in [9.17, 15) is 5.26 Å². The van der Waals surface area contributed by atoms with Gasteiger partial charge >= 0.3 is 0 Å². The predicted molar refractivity (Wildman–Crippen MR) is 107 cm³/mol. The van der Waals surface area contributed by atoms with Gasteiger partial charge in [-0.1, -0.05) is 29.3 Å². The molecule has 0 fully saturated rings. The summed E-state index contributed by atoms with van der Waals surface area (Å²) in [4.78, 5) is 4.46. The van der Waals surface area contributed by atoms with Crippen LogP contribution in [0.15, 0.2) is 62.9 Å². The van der Waals surface area contributed by atoms with E-state index in [1.165, 1.54) is 11.3 Å². The number of rotatable bonds is 4. The second-order valence-corrected chi connectivity index (χ2v) is 7.16. The zero-order valence-electron chi connectivity index (χ0n) is 13.6. The number of allylic oxidation sites excluding steroid dienone is 1. The SMILES string of the molecule is N#CC(=Cc1ccc(-c2c(Cl)cccc2Cl)o1)c1nc(-c2ccco2)cs1. The van der Waals surface area contributed by atoms with Crippen LogP contribution in [0.1, 0.15) is 10.8 Å². The number of halogens is 2. The minimum absolute atomic E-state index is 0.393. The largest absolute Gasteiger partial charge is 0.463 e. The van der Waals surface area contributed by atoms with Crippen LogP contribution in [-0.2, 0) is 0 Å². The number of nitrogens with zero attached hydrogens (tertiary/aromatic N) is 2. The Morgan fingerprint density at radius 3 is 2.59 bits per heavy atom. The third-order valence-corrected chi connectivity index (χ3v) is 5.26. The van der Waals surface area contributed by atoms with Crippen LogP contribution in [0.3, 0.4) is 0 Å². The van der Waals surface area contributed by atoms with Crippen LogP contribution >= 0.6 is 34.5 Å². The summed E-state index contributed by atoms with van der Waals surface area (Å²) in [5.74, 6) is 1.69. The van der Waals surface area contributed by atoms with Gasteiger partial charge < -0.3 is 8.83 Å². The molecule has 1 aromatic carbocycles. The molecular formula is C20H10Cl2N2O2S. The lowest BCUT2D eigenvalue weighted by atomic mass is 10.2.